The maximum Gasteiger partial charge on any atom is 0.306 e. The highest BCUT2D eigenvalue weighted by Gasteiger charge is 2.64. The number of hydrogen-bond acceptors (Lipinski definition) is 16. The summed E-state index contributed by atoms with van der Waals surface area (Å²) in [5.41, 5.74) is 10.4. The normalized spacial score (nSPS) is 21.7. The molecule has 0 radical (unpaired) electrons. The van der Waals surface area contributed by atoms with Gasteiger partial charge in [-0.05, 0) is 95.2 Å². The van der Waals surface area contributed by atoms with Crippen LogP contribution in [0.4, 0.5) is 0 Å². The Balaban J connectivity index is 1.13. The molecule has 3 heterocycles. The van der Waals surface area contributed by atoms with Gasteiger partial charge >= 0.3 is 5.97 Å². The Bertz CT molecular complexity index is 2510. The van der Waals surface area contributed by atoms with Gasteiger partial charge in [0.25, 0.3) is 23.6 Å². The van der Waals surface area contributed by atoms with Crippen LogP contribution in [0.3, 0.4) is 0 Å². The van der Waals surface area contributed by atoms with E-state index in [1.165, 1.54) is 38.4 Å². The van der Waals surface area contributed by atoms with E-state index >= 15 is 0 Å². The van der Waals surface area contributed by atoms with Crippen LogP contribution in [-0.4, -0.2) is 199 Å². The molecule has 5 rings (SSSR count). The van der Waals surface area contributed by atoms with Crippen LogP contribution in [-0.2, 0) is 67.0 Å². The largest absolute Gasteiger partial charge is 0.460 e. The number of amides is 9. The number of imide groups is 1. The van der Waals surface area contributed by atoms with Crippen LogP contribution in [0.2, 0.25) is 0 Å². The second kappa shape index (κ2) is 33.1. The number of likely N-dealkylation sites (tertiary alicyclic amines) is 1. The maximum absolute atomic E-state index is 14.8. The molecule has 86 heavy (non-hydrogen) atoms. The molecule has 1 aliphatic carbocycles. The first-order valence-corrected chi connectivity index (χ1v) is 30.8. The number of rotatable bonds is 33. The maximum atomic E-state index is 14.8. The molecule has 12 atom stereocenters. The first-order chi connectivity index (χ1) is 40.8. The third-order valence-corrected chi connectivity index (χ3v) is 17.5. The third-order valence-electron chi connectivity index (χ3n) is 17.5. The SMILES string of the molecule is CC[C@H](C)[C@@H]([C@@H](CC(=O)N1CCC[C@H]1[C@H](OC)[C@@H](C)C(=O)N[C@@]1(C(=O)N2CCCCO2)C[C@@H]1c1ccccc1)OC)N(C)C(=O)[C@@H](NC(=O)[C@H](C(C)C)N(C)CCCC(=O)O[C@H](C)[C@H](N)C(=O)NNC(=O)CCCCCN1C(=O)C=CC1=O)C(C)C. The van der Waals surface area contributed by atoms with Crippen molar-refractivity contribution in [2.45, 2.75) is 199 Å². The summed E-state index contributed by atoms with van der Waals surface area (Å²) in [5, 5.41) is 7.59. The molecule has 9 amide bonds. The minimum Gasteiger partial charge on any atom is -0.460 e. The molecule has 480 valence electrons. The van der Waals surface area contributed by atoms with Gasteiger partial charge in [0.15, 0.2) is 0 Å². The predicted octanol–water partition coefficient (Wildman–Crippen LogP) is 3.27. The molecular weight excluding hydrogens is 1110 g/mol. The minimum absolute atomic E-state index is 0.0578. The van der Waals surface area contributed by atoms with Crippen molar-refractivity contribution in [1.82, 2.24) is 46.1 Å². The number of esters is 1. The molecule has 6 N–H and O–H groups in total. The van der Waals surface area contributed by atoms with Crippen LogP contribution in [0, 0.1) is 23.7 Å². The van der Waals surface area contributed by atoms with Gasteiger partial charge in [0.05, 0.1) is 49.3 Å². The number of unbranched alkanes of at least 4 members (excludes halogenated alkanes) is 2. The molecule has 1 aromatic carbocycles. The highest BCUT2D eigenvalue weighted by Crippen LogP contribution is 2.53. The number of ether oxygens (including phenoxy) is 3. The zero-order valence-corrected chi connectivity index (χ0v) is 52.8. The quantitative estimate of drug-likeness (QED) is 0.0292. The highest BCUT2D eigenvalue weighted by molar-refractivity contribution is 6.12. The van der Waals surface area contributed by atoms with E-state index in [4.69, 9.17) is 24.8 Å². The van der Waals surface area contributed by atoms with Crippen LogP contribution < -0.4 is 27.2 Å². The molecule has 1 saturated carbocycles. The van der Waals surface area contributed by atoms with E-state index in [1.54, 1.807) is 30.8 Å². The number of nitrogens with two attached hydrogens (primary N) is 1. The first kappa shape index (κ1) is 70.4. The molecule has 2 saturated heterocycles. The van der Waals surface area contributed by atoms with Crippen LogP contribution in [0.5, 0.6) is 0 Å². The van der Waals surface area contributed by atoms with Crippen molar-refractivity contribution in [1.29, 1.82) is 0 Å². The number of nitrogens with one attached hydrogen (secondary N) is 4. The number of hydrazine groups is 1. The van der Waals surface area contributed by atoms with Gasteiger partial charge in [-0.15, -0.1) is 0 Å². The van der Waals surface area contributed by atoms with Crippen molar-refractivity contribution in [3.05, 3.63) is 48.0 Å². The molecule has 3 fully saturated rings. The number of likely N-dealkylation sites (N-methyl/N-ethyl adjacent to an activating group) is 2. The molecule has 3 aliphatic heterocycles. The Morgan fingerprint density at radius 2 is 1.49 bits per heavy atom. The first-order valence-electron chi connectivity index (χ1n) is 30.8. The van der Waals surface area contributed by atoms with Gasteiger partial charge in [-0.1, -0.05) is 91.6 Å². The molecule has 0 bridgehead atoms. The van der Waals surface area contributed by atoms with Crippen molar-refractivity contribution in [3.63, 3.8) is 0 Å². The summed E-state index contributed by atoms with van der Waals surface area (Å²) >= 11 is 0. The van der Waals surface area contributed by atoms with Gasteiger partial charge in [-0.25, -0.2) is 5.06 Å². The van der Waals surface area contributed by atoms with Crippen LogP contribution in [0.25, 0.3) is 0 Å². The smallest absolute Gasteiger partial charge is 0.306 e. The van der Waals surface area contributed by atoms with E-state index in [0.717, 1.165) is 23.3 Å². The summed E-state index contributed by atoms with van der Waals surface area (Å²) in [5.74, 6) is -5.87. The lowest BCUT2D eigenvalue weighted by atomic mass is 9.89. The molecule has 4 aliphatic rings. The van der Waals surface area contributed by atoms with Crippen molar-refractivity contribution in [2.24, 2.45) is 29.4 Å². The van der Waals surface area contributed by atoms with Crippen LogP contribution in [0.15, 0.2) is 42.5 Å². The van der Waals surface area contributed by atoms with Crippen molar-refractivity contribution >= 4 is 59.1 Å². The standard InChI is InChI=1S/C62H98N10O14/c1-13-40(6)55(46(83-11)36-50(76)70-33-22-26-45(70)56(84-12)41(7)57(78)65-62(61(82)72-34-20-21-35-85-72)37-44(62)43-24-16-14-17-25-43)69(10)60(81)53(38(2)3)64-59(80)54(39(4)5)68(9)31-23-28-51(77)86-42(8)52(63)58(79)67-66-47(73)27-18-15-19-32-71-48(74)29-30-49(71)75/h14,16-17,24-25,29-30,38-42,44-46,52-56H,13,15,18-23,26-28,31-37,63H2,1-12H3,(H,64,80)(H,65,78)(H,66,73)(H,67,79)/t40-,41+,42+,44+,45-,46+,52-,53-,54-,55-,56+,62-/m0/s1. The molecule has 24 heteroatoms. The predicted molar refractivity (Wildman–Crippen MR) is 319 cm³/mol. The third kappa shape index (κ3) is 18.4. The number of nitrogens with zero attached hydrogens (tertiary/aromatic N) is 5. The zero-order valence-electron chi connectivity index (χ0n) is 52.8. The number of hydrogen-bond donors (Lipinski definition) is 5. The van der Waals surface area contributed by atoms with Gasteiger partial charge in [0.1, 0.15) is 23.7 Å². The Morgan fingerprint density at radius 1 is 0.802 bits per heavy atom. The average Bonchev–Trinajstić information content (AvgIpc) is 1.77. The lowest BCUT2D eigenvalue weighted by Crippen LogP contribution is -2.60. The second-order valence-corrected chi connectivity index (χ2v) is 24.4. The fourth-order valence-electron chi connectivity index (χ4n) is 12.2. The lowest BCUT2D eigenvalue weighted by Gasteiger charge is -2.41. The van der Waals surface area contributed by atoms with E-state index in [-0.39, 0.29) is 97.2 Å². The van der Waals surface area contributed by atoms with Gasteiger partial charge in [0, 0.05) is 71.8 Å². The van der Waals surface area contributed by atoms with Crippen molar-refractivity contribution in [2.75, 3.05) is 61.1 Å². The lowest BCUT2D eigenvalue weighted by molar-refractivity contribution is -0.200. The highest BCUT2D eigenvalue weighted by atomic mass is 16.7. The van der Waals surface area contributed by atoms with Gasteiger partial charge in [-0.2, -0.15) is 0 Å². The Kier molecular flexibility index (Phi) is 27.1. The molecular formula is C62H98N10O14. The average molecular weight is 1210 g/mol. The summed E-state index contributed by atoms with van der Waals surface area (Å²) in [6.07, 6.45) is 5.66. The van der Waals surface area contributed by atoms with Gasteiger partial charge in [0.2, 0.25) is 29.5 Å². The van der Waals surface area contributed by atoms with Crippen LogP contribution in [0.1, 0.15) is 150 Å². The monoisotopic (exact) mass is 1210 g/mol. The molecule has 0 unspecified atom stereocenters. The number of benzene rings is 1. The number of hydroxylamine groups is 2. The summed E-state index contributed by atoms with van der Waals surface area (Å²) in [6.45, 7) is 16.5. The van der Waals surface area contributed by atoms with Crippen molar-refractivity contribution in [3.8, 4) is 0 Å². The molecule has 24 nitrogen and oxygen atoms in total. The van der Waals surface area contributed by atoms with E-state index in [1.807, 2.05) is 76.8 Å². The van der Waals surface area contributed by atoms with Gasteiger partial charge < -0.3 is 40.4 Å². The molecule has 0 aromatic heterocycles. The summed E-state index contributed by atoms with van der Waals surface area (Å²) < 4.78 is 17.7. The second-order valence-electron chi connectivity index (χ2n) is 24.4. The van der Waals surface area contributed by atoms with E-state index < -0.39 is 77.8 Å². The van der Waals surface area contributed by atoms with E-state index in [2.05, 4.69) is 21.5 Å². The summed E-state index contributed by atoms with van der Waals surface area (Å²) in [7, 11) is 6.49. The topological polar surface area (TPSA) is 298 Å². The summed E-state index contributed by atoms with van der Waals surface area (Å²) in [4.78, 5) is 146. The Hall–Kier alpha value is -6.34. The Morgan fingerprint density at radius 3 is 2.09 bits per heavy atom. The Labute approximate surface area is 507 Å². The fourth-order valence-corrected chi connectivity index (χ4v) is 12.2. The van der Waals surface area contributed by atoms with E-state index in [0.29, 0.717) is 71.2 Å². The fraction of sp³-hybridized carbons (Fsp3) is 0.710. The minimum atomic E-state index is -1.30. The van der Waals surface area contributed by atoms with E-state index in [9.17, 15) is 47.9 Å². The number of carbonyl (C=O) groups is 10. The number of carbonyl (C=O) groups excluding carboxylic acids is 10. The summed E-state index contributed by atoms with van der Waals surface area (Å²) in [6, 6.07) is 5.64. The van der Waals surface area contributed by atoms with Crippen LogP contribution >= 0.6 is 0 Å². The van der Waals surface area contributed by atoms with Crippen molar-refractivity contribution < 1.29 is 67.0 Å². The number of methoxy groups -OCH3 is 2. The molecule has 1 aromatic rings. The molecule has 0 spiro atoms. The zero-order chi connectivity index (χ0) is 63.6. The van der Waals surface area contributed by atoms with Gasteiger partial charge in [-0.3, -0.25) is 73.4 Å².